The third kappa shape index (κ3) is 6.06. The third-order valence-corrected chi connectivity index (χ3v) is 3.98. The summed E-state index contributed by atoms with van der Waals surface area (Å²) in [6.07, 6.45) is 0.862. The molecular weight excluding hydrogens is 346 g/mol. The maximum atomic E-state index is 11.7. The lowest BCUT2D eigenvalue weighted by molar-refractivity contribution is 0.0599. The molecule has 0 atom stereocenters. The fraction of sp³-hybridized carbons (Fsp3) is 0.400. The van der Waals surface area contributed by atoms with Crippen LogP contribution in [0.3, 0.4) is 0 Å². The maximum Gasteiger partial charge on any atom is 0.341 e. The Morgan fingerprint density at radius 1 is 1.19 bits per heavy atom. The molecule has 2 rings (SSSR count). The Balaban J connectivity index is 1.92. The molecule has 0 aliphatic rings. The predicted molar refractivity (Wildman–Crippen MR) is 104 cm³/mol. The molecule has 7 heteroatoms. The van der Waals surface area contributed by atoms with Crippen LogP contribution in [0.4, 0.5) is 0 Å². The Kier molecular flexibility index (Phi) is 7.73. The highest BCUT2D eigenvalue weighted by molar-refractivity contribution is 5.90. The van der Waals surface area contributed by atoms with Crippen molar-refractivity contribution < 1.29 is 18.7 Å². The zero-order chi connectivity index (χ0) is 19.6. The van der Waals surface area contributed by atoms with Gasteiger partial charge in [0.2, 0.25) is 0 Å². The maximum absolute atomic E-state index is 11.7. The first kappa shape index (κ1) is 20.4. The highest BCUT2D eigenvalue weighted by Gasteiger charge is 2.15. The van der Waals surface area contributed by atoms with Gasteiger partial charge >= 0.3 is 5.97 Å². The molecule has 0 saturated carbocycles. The molecule has 0 aliphatic carbocycles. The summed E-state index contributed by atoms with van der Waals surface area (Å²) < 4.78 is 15.5. The summed E-state index contributed by atoms with van der Waals surface area (Å²) in [7, 11) is 3.01. The molecule has 0 unspecified atom stereocenters. The highest BCUT2D eigenvalue weighted by Crippen LogP contribution is 2.16. The van der Waals surface area contributed by atoms with Crippen LogP contribution in [-0.2, 0) is 17.7 Å². The molecule has 1 aromatic carbocycles. The zero-order valence-corrected chi connectivity index (χ0v) is 16.3. The molecule has 0 bridgehead atoms. The van der Waals surface area contributed by atoms with E-state index in [1.54, 1.807) is 20.1 Å². The van der Waals surface area contributed by atoms with Crippen LogP contribution in [0.15, 0.2) is 39.7 Å². The number of benzene rings is 1. The van der Waals surface area contributed by atoms with E-state index in [9.17, 15) is 4.79 Å². The number of carbonyl (C=O) groups is 1. The molecule has 0 saturated heterocycles. The second-order valence-electron chi connectivity index (χ2n) is 5.89. The summed E-state index contributed by atoms with van der Waals surface area (Å²) in [6.45, 7) is 5.56. The highest BCUT2D eigenvalue weighted by atomic mass is 16.5. The standard InChI is InChI=1S/C20H27N3O4/c1-5-21-20(22-11-10-15-6-8-16(25-3)9-7-15)23-13-17-12-18(14(2)27-17)19(24)26-4/h6-9,12H,5,10-11,13H2,1-4H3,(H2,21,22,23). The fourth-order valence-corrected chi connectivity index (χ4v) is 2.55. The zero-order valence-electron chi connectivity index (χ0n) is 16.3. The molecule has 27 heavy (non-hydrogen) atoms. The number of carbonyl (C=O) groups excluding carboxylic acids is 1. The van der Waals surface area contributed by atoms with Gasteiger partial charge in [-0.3, -0.25) is 0 Å². The molecular formula is C20H27N3O4. The van der Waals surface area contributed by atoms with Crippen LogP contribution in [0.1, 0.15) is 34.4 Å². The quantitative estimate of drug-likeness (QED) is 0.420. The third-order valence-electron chi connectivity index (χ3n) is 3.98. The SMILES string of the molecule is CCNC(=NCc1cc(C(=O)OC)c(C)o1)NCCc1ccc(OC)cc1. The lowest BCUT2D eigenvalue weighted by Gasteiger charge is -2.11. The van der Waals surface area contributed by atoms with Crippen molar-refractivity contribution in [3.05, 3.63) is 53.0 Å². The minimum atomic E-state index is -0.406. The number of rotatable bonds is 8. The van der Waals surface area contributed by atoms with Crippen LogP contribution in [-0.4, -0.2) is 39.2 Å². The monoisotopic (exact) mass is 373 g/mol. The second kappa shape index (κ2) is 10.3. The van der Waals surface area contributed by atoms with Gasteiger partial charge in [-0.2, -0.15) is 0 Å². The summed E-state index contributed by atoms with van der Waals surface area (Å²) in [5.74, 6) is 2.28. The average Bonchev–Trinajstić information content (AvgIpc) is 3.06. The molecule has 7 nitrogen and oxygen atoms in total. The van der Waals surface area contributed by atoms with Gasteiger partial charge in [-0.05, 0) is 44.0 Å². The van der Waals surface area contributed by atoms with Gasteiger partial charge in [0.25, 0.3) is 0 Å². The largest absolute Gasteiger partial charge is 0.497 e. The van der Waals surface area contributed by atoms with Gasteiger partial charge in [-0.15, -0.1) is 0 Å². The first-order valence-corrected chi connectivity index (χ1v) is 8.90. The van der Waals surface area contributed by atoms with Gasteiger partial charge in [0.1, 0.15) is 29.4 Å². The van der Waals surface area contributed by atoms with Crippen molar-refractivity contribution >= 4 is 11.9 Å². The summed E-state index contributed by atoms with van der Waals surface area (Å²) in [5.41, 5.74) is 1.64. The van der Waals surface area contributed by atoms with Gasteiger partial charge in [0, 0.05) is 13.1 Å². The van der Waals surface area contributed by atoms with E-state index in [4.69, 9.17) is 13.9 Å². The van der Waals surface area contributed by atoms with Crippen LogP contribution in [0.5, 0.6) is 5.75 Å². The van der Waals surface area contributed by atoms with E-state index in [0.717, 1.165) is 25.3 Å². The number of methoxy groups -OCH3 is 2. The van der Waals surface area contributed by atoms with Crippen molar-refractivity contribution in [3.63, 3.8) is 0 Å². The van der Waals surface area contributed by atoms with Gasteiger partial charge < -0.3 is 24.5 Å². The Morgan fingerprint density at radius 2 is 1.93 bits per heavy atom. The normalized spacial score (nSPS) is 11.2. The molecule has 1 heterocycles. The van der Waals surface area contributed by atoms with Gasteiger partial charge in [-0.1, -0.05) is 12.1 Å². The van der Waals surface area contributed by atoms with E-state index in [-0.39, 0.29) is 0 Å². The van der Waals surface area contributed by atoms with Crippen molar-refractivity contribution in [3.8, 4) is 5.75 Å². The van der Waals surface area contributed by atoms with E-state index >= 15 is 0 Å². The number of nitrogens with zero attached hydrogens (tertiary/aromatic N) is 1. The van der Waals surface area contributed by atoms with Crippen LogP contribution in [0, 0.1) is 6.92 Å². The van der Waals surface area contributed by atoms with Crippen molar-refractivity contribution in [1.82, 2.24) is 10.6 Å². The molecule has 0 aliphatic heterocycles. The van der Waals surface area contributed by atoms with Crippen molar-refractivity contribution in [2.45, 2.75) is 26.8 Å². The Morgan fingerprint density at radius 3 is 2.56 bits per heavy atom. The van der Waals surface area contributed by atoms with Crippen LogP contribution < -0.4 is 15.4 Å². The van der Waals surface area contributed by atoms with Gasteiger partial charge in [-0.25, -0.2) is 9.79 Å². The lowest BCUT2D eigenvalue weighted by atomic mass is 10.1. The van der Waals surface area contributed by atoms with Gasteiger partial charge in [0.15, 0.2) is 5.96 Å². The van der Waals surface area contributed by atoms with Crippen LogP contribution in [0.25, 0.3) is 0 Å². The Hall–Kier alpha value is -2.96. The van der Waals surface area contributed by atoms with E-state index in [1.165, 1.54) is 12.7 Å². The number of hydrogen-bond donors (Lipinski definition) is 2. The van der Waals surface area contributed by atoms with Gasteiger partial charge in [0.05, 0.1) is 14.2 Å². The molecule has 0 amide bonds. The number of furan rings is 1. The molecule has 0 radical (unpaired) electrons. The minimum Gasteiger partial charge on any atom is -0.497 e. The number of ether oxygens (including phenoxy) is 2. The second-order valence-corrected chi connectivity index (χ2v) is 5.89. The van der Waals surface area contributed by atoms with E-state index in [1.807, 2.05) is 31.2 Å². The minimum absolute atomic E-state index is 0.329. The number of nitrogens with one attached hydrogen (secondary N) is 2. The smallest absolute Gasteiger partial charge is 0.341 e. The number of guanidine groups is 1. The van der Waals surface area contributed by atoms with E-state index in [0.29, 0.717) is 29.6 Å². The molecule has 0 fully saturated rings. The predicted octanol–water partition coefficient (Wildman–Crippen LogP) is 2.68. The molecule has 146 valence electrons. The number of hydrogen-bond acceptors (Lipinski definition) is 5. The lowest BCUT2D eigenvalue weighted by Crippen LogP contribution is -2.38. The first-order valence-electron chi connectivity index (χ1n) is 8.90. The van der Waals surface area contributed by atoms with Crippen molar-refractivity contribution in [1.29, 1.82) is 0 Å². The topological polar surface area (TPSA) is 85.1 Å². The molecule has 0 spiro atoms. The summed E-state index contributed by atoms with van der Waals surface area (Å²) >= 11 is 0. The number of esters is 1. The fourth-order valence-electron chi connectivity index (χ4n) is 2.55. The molecule has 2 N–H and O–H groups in total. The Labute approximate surface area is 159 Å². The van der Waals surface area contributed by atoms with Crippen molar-refractivity contribution in [2.24, 2.45) is 4.99 Å². The molecule has 1 aromatic heterocycles. The van der Waals surface area contributed by atoms with Crippen molar-refractivity contribution in [2.75, 3.05) is 27.3 Å². The molecule has 2 aromatic rings. The average molecular weight is 373 g/mol. The van der Waals surface area contributed by atoms with E-state index < -0.39 is 5.97 Å². The Bertz CT molecular complexity index is 766. The number of aliphatic imine (C=N–C) groups is 1. The summed E-state index contributed by atoms with van der Waals surface area (Å²) in [4.78, 5) is 16.2. The first-order chi connectivity index (χ1) is 13.1. The summed E-state index contributed by atoms with van der Waals surface area (Å²) in [6, 6.07) is 9.67. The van der Waals surface area contributed by atoms with E-state index in [2.05, 4.69) is 15.6 Å². The summed E-state index contributed by atoms with van der Waals surface area (Å²) in [5, 5.41) is 6.50. The van der Waals surface area contributed by atoms with Crippen LogP contribution >= 0.6 is 0 Å². The number of aryl methyl sites for hydroxylation is 1. The van der Waals surface area contributed by atoms with Crippen LogP contribution in [0.2, 0.25) is 0 Å².